The summed E-state index contributed by atoms with van der Waals surface area (Å²) in [5, 5.41) is 3.30. The Labute approximate surface area is 108 Å². The Hall–Kier alpha value is -1.67. The monoisotopic (exact) mass is 243 g/mol. The summed E-state index contributed by atoms with van der Waals surface area (Å²) in [4.78, 5) is 0. The number of halogens is 1. The molecule has 18 heavy (non-hydrogen) atoms. The molecule has 0 radical (unpaired) electrons. The van der Waals surface area contributed by atoms with Crippen molar-refractivity contribution in [3.63, 3.8) is 0 Å². The molecule has 0 bridgehead atoms. The van der Waals surface area contributed by atoms with E-state index < -0.39 is 0 Å². The maximum Gasteiger partial charge on any atom is 0.123 e. The van der Waals surface area contributed by atoms with Crippen molar-refractivity contribution in [3.8, 4) is 11.1 Å². The SMILES string of the molecule is CCNCc1cccc(-c2cc(F)ccc2C)c1. The van der Waals surface area contributed by atoms with Gasteiger partial charge in [-0.15, -0.1) is 0 Å². The molecule has 2 heteroatoms. The second-order valence-electron chi connectivity index (χ2n) is 4.44. The van der Waals surface area contributed by atoms with Crippen LogP contribution in [-0.4, -0.2) is 6.54 Å². The van der Waals surface area contributed by atoms with Crippen LogP contribution in [0, 0.1) is 12.7 Å². The van der Waals surface area contributed by atoms with E-state index in [2.05, 4.69) is 24.4 Å². The van der Waals surface area contributed by atoms with E-state index in [0.717, 1.165) is 29.8 Å². The first-order chi connectivity index (χ1) is 8.70. The zero-order valence-electron chi connectivity index (χ0n) is 10.8. The van der Waals surface area contributed by atoms with Crippen LogP contribution >= 0.6 is 0 Å². The minimum atomic E-state index is -0.187. The van der Waals surface area contributed by atoms with Crippen molar-refractivity contribution in [3.05, 3.63) is 59.4 Å². The molecule has 0 aliphatic rings. The lowest BCUT2D eigenvalue weighted by Crippen LogP contribution is -2.11. The van der Waals surface area contributed by atoms with Gasteiger partial charge >= 0.3 is 0 Å². The van der Waals surface area contributed by atoms with Gasteiger partial charge in [0, 0.05) is 6.54 Å². The van der Waals surface area contributed by atoms with Crippen molar-refractivity contribution in [2.75, 3.05) is 6.54 Å². The van der Waals surface area contributed by atoms with Crippen LogP contribution in [0.4, 0.5) is 4.39 Å². The Morgan fingerprint density at radius 3 is 2.72 bits per heavy atom. The van der Waals surface area contributed by atoms with Gasteiger partial charge in [-0.05, 0) is 53.9 Å². The van der Waals surface area contributed by atoms with E-state index in [1.165, 1.54) is 11.6 Å². The van der Waals surface area contributed by atoms with Crippen molar-refractivity contribution in [2.24, 2.45) is 0 Å². The Kier molecular flexibility index (Phi) is 4.11. The van der Waals surface area contributed by atoms with Gasteiger partial charge in [0.25, 0.3) is 0 Å². The highest BCUT2D eigenvalue weighted by Gasteiger charge is 2.04. The van der Waals surface area contributed by atoms with E-state index in [4.69, 9.17) is 0 Å². The smallest absolute Gasteiger partial charge is 0.123 e. The number of benzene rings is 2. The molecule has 1 N–H and O–H groups in total. The molecule has 0 aromatic heterocycles. The summed E-state index contributed by atoms with van der Waals surface area (Å²) in [7, 11) is 0. The number of hydrogen-bond donors (Lipinski definition) is 1. The topological polar surface area (TPSA) is 12.0 Å². The van der Waals surface area contributed by atoms with E-state index in [1.807, 2.05) is 25.1 Å². The quantitative estimate of drug-likeness (QED) is 0.858. The van der Waals surface area contributed by atoms with Crippen molar-refractivity contribution in [2.45, 2.75) is 20.4 Å². The van der Waals surface area contributed by atoms with Gasteiger partial charge in [0.2, 0.25) is 0 Å². The minimum Gasteiger partial charge on any atom is -0.313 e. The fourth-order valence-corrected chi connectivity index (χ4v) is 2.02. The van der Waals surface area contributed by atoms with Crippen LogP contribution in [0.5, 0.6) is 0 Å². The summed E-state index contributed by atoms with van der Waals surface area (Å²) in [5.41, 5.74) is 4.35. The van der Waals surface area contributed by atoms with Gasteiger partial charge in [0.05, 0.1) is 0 Å². The molecule has 0 spiro atoms. The first-order valence-corrected chi connectivity index (χ1v) is 6.27. The third kappa shape index (κ3) is 2.96. The lowest BCUT2D eigenvalue weighted by atomic mass is 9.99. The molecule has 2 aromatic rings. The molecule has 2 rings (SSSR count). The zero-order valence-corrected chi connectivity index (χ0v) is 10.8. The predicted octanol–water partition coefficient (Wildman–Crippen LogP) is 3.91. The summed E-state index contributed by atoms with van der Waals surface area (Å²) in [6.45, 7) is 5.88. The third-order valence-corrected chi connectivity index (χ3v) is 3.02. The van der Waals surface area contributed by atoms with Crippen LogP contribution in [0.25, 0.3) is 11.1 Å². The molecule has 0 heterocycles. The summed E-state index contributed by atoms with van der Waals surface area (Å²) in [5.74, 6) is -0.187. The average Bonchev–Trinajstić information content (AvgIpc) is 2.39. The van der Waals surface area contributed by atoms with E-state index in [1.54, 1.807) is 6.07 Å². The highest BCUT2D eigenvalue weighted by Crippen LogP contribution is 2.25. The fraction of sp³-hybridized carbons (Fsp3) is 0.250. The first kappa shape index (κ1) is 12.8. The molecule has 0 atom stereocenters. The molecule has 0 aliphatic carbocycles. The fourth-order valence-electron chi connectivity index (χ4n) is 2.02. The van der Waals surface area contributed by atoms with Crippen molar-refractivity contribution in [1.29, 1.82) is 0 Å². The second kappa shape index (κ2) is 5.78. The molecule has 1 nitrogen and oxygen atoms in total. The molecule has 0 saturated carbocycles. The van der Waals surface area contributed by atoms with Crippen LogP contribution in [0.1, 0.15) is 18.1 Å². The van der Waals surface area contributed by atoms with Gasteiger partial charge in [-0.2, -0.15) is 0 Å². The van der Waals surface area contributed by atoms with Gasteiger partial charge in [0.1, 0.15) is 5.82 Å². The maximum absolute atomic E-state index is 13.3. The molecule has 0 aliphatic heterocycles. The van der Waals surface area contributed by atoms with Gasteiger partial charge in [-0.25, -0.2) is 4.39 Å². The van der Waals surface area contributed by atoms with Gasteiger partial charge in [-0.3, -0.25) is 0 Å². The Morgan fingerprint density at radius 2 is 1.94 bits per heavy atom. The van der Waals surface area contributed by atoms with Crippen molar-refractivity contribution < 1.29 is 4.39 Å². The number of hydrogen-bond acceptors (Lipinski definition) is 1. The number of nitrogens with one attached hydrogen (secondary N) is 1. The summed E-state index contributed by atoms with van der Waals surface area (Å²) in [6, 6.07) is 13.2. The van der Waals surface area contributed by atoms with Crippen LogP contribution < -0.4 is 5.32 Å². The standard InChI is InChI=1S/C16H18FN/c1-3-18-11-13-5-4-6-14(9-13)16-10-15(17)8-7-12(16)2/h4-10,18H,3,11H2,1-2H3. The Morgan fingerprint density at radius 1 is 1.11 bits per heavy atom. The van der Waals surface area contributed by atoms with E-state index in [-0.39, 0.29) is 5.82 Å². The van der Waals surface area contributed by atoms with E-state index in [9.17, 15) is 4.39 Å². The summed E-state index contributed by atoms with van der Waals surface area (Å²) >= 11 is 0. The molecule has 0 saturated heterocycles. The van der Waals surface area contributed by atoms with Crippen molar-refractivity contribution >= 4 is 0 Å². The minimum absolute atomic E-state index is 0.187. The lowest BCUT2D eigenvalue weighted by molar-refractivity contribution is 0.628. The highest BCUT2D eigenvalue weighted by molar-refractivity contribution is 5.67. The molecule has 2 aromatic carbocycles. The highest BCUT2D eigenvalue weighted by atomic mass is 19.1. The van der Waals surface area contributed by atoms with Gasteiger partial charge in [-0.1, -0.05) is 31.2 Å². The molecule has 0 fully saturated rings. The molecular weight excluding hydrogens is 225 g/mol. The van der Waals surface area contributed by atoms with Gasteiger partial charge in [0.15, 0.2) is 0 Å². The molecule has 0 amide bonds. The third-order valence-electron chi connectivity index (χ3n) is 3.02. The molecule has 0 unspecified atom stereocenters. The maximum atomic E-state index is 13.3. The number of aryl methyl sites for hydroxylation is 1. The van der Waals surface area contributed by atoms with Crippen LogP contribution in [-0.2, 0) is 6.54 Å². The molecular formula is C16H18FN. The Balaban J connectivity index is 2.35. The largest absolute Gasteiger partial charge is 0.313 e. The van der Waals surface area contributed by atoms with E-state index >= 15 is 0 Å². The predicted molar refractivity (Wildman–Crippen MR) is 74.0 cm³/mol. The first-order valence-electron chi connectivity index (χ1n) is 6.27. The molecule has 94 valence electrons. The van der Waals surface area contributed by atoms with E-state index in [0.29, 0.717) is 0 Å². The normalized spacial score (nSPS) is 10.6. The van der Waals surface area contributed by atoms with Crippen LogP contribution in [0.2, 0.25) is 0 Å². The summed E-state index contributed by atoms with van der Waals surface area (Å²) < 4.78 is 13.3. The average molecular weight is 243 g/mol. The van der Waals surface area contributed by atoms with Crippen LogP contribution in [0.3, 0.4) is 0 Å². The summed E-state index contributed by atoms with van der Waals surface area (Å²) in [6.07, 6.45) is 0. The second-order valence-corrected chi connectivity index (χ2v) is 4.44. The van der Waals surface area contributed by atoms with Crippen LogP contribution in [0.15, 0.2) is 42.5 Å². The zero-order chi connectivity index (χ0) is 13.0. The van der Waals surface area contributed by atoms with Gasteiger partial charge < -0.3 is 5.32 Å². The Bertz CT molecular complexity index is 534. The van der Waals surface area contributed by atoms with Crippen molar-refractivity contribution in [1.82, 2.24) is 5.32 Å². The number of rotatable bonds is 4. The lowest BCUT2D eigenvalue weighted by Gasteiger charge is -2.09.